The lowest BCUT2D eigenvalue weighted by atomic mass is 10.1. The molecule has 172 valence electrons. The molecule has 2 N–H and O–H groups in total. The molecule has 9 heteroatoms. The van der Waals surface area contributed by atoms with Gasteiger partial charge < -0.3 is 18.9 Å². The van der Waals surface area contributed by atoms with E-state index in [1.807, 2.05) is 30.3 Å². The summed E-state index contributed by atoms with van der Waals surface area (Å²) in [6, 6.07) is 13.0. The molecule has 1 aromatic heterocycles. The summed E-state index contributed by atoms with van der Waals surface area (Å²) in [4.78, 5) is 14.3. The predicted octanol–water partition coefficient (Wildman–Crippen LogP) is 2.49. The topological polar surface area (TPSA) is 90.4 Å². The first-order valence-electron chi connectivity index (χ1n) is 10.7. The molecule has 1 amide bonds. The van der Waals surface area contributed by atoms with Crippen molar-refractivity contribution in [3.8, 4) is 17.0 Å². The van der Waals surface area contributed by atoms with E-state index in [9.17, 15) is 4.79 Å². The van der Waals surface area contributed by atoms with Crippen LogP contribution in [0.3, 0.4) is 0 Å². The normalized spacial score (nSPS) is 14.5. The summed E-state index contributed by atoms with van der Waals surface area (Å²) in [7, 11) is 1.67. The Balaban J connectivity index is 1.49. The van der Waals surface area contributed by atoms with Crippen molar-refractivity contribution in [2.75, 3.05) is 33.4 Å². The number of nitrogens with zero attached hydrogens (tertiary/aromatic N) is 2. The van der Waals surface area contributed by atoms with Crippen LogP contribution in [0.15, 0.2) is 52.1 Å². The van der Waals surface area contributed by atoms with E-state index in [4.69, 9.17) is 25.6 Å². The standard InChI is InChI=1S/C24H25ClN4O4/c1-16-22(23(28-33-16)19-5-3-4-6-20(19)25)24(30)27-26-14-17-7-8-21(31-2)18(13-17)15-29-9-11-32-12-10-29/h3-8,13-14H,9-12,15H2,1-2H3,(H,27,30)/p+1. The van der Waals surface area contributed by atoms with E-state index in [2.05, 4.69) is 15.7 Å². The lowest BCUT2D eigenvalue weighted by molar-refractivity contribution is -0.921. The first-order valence-corrected chi connectivity index (χ1v) is 11.1. The second-order valence-electron chi connectivity index (χ2n) is 7.75. The highest BCUT2D eigenvalue weighted by Gasteiger charge is 2.23. The molecule has 0 atom stereocenters. The molecule has 0 unspecified atom stereocenters. The lowest BCUT2D eigenvalue weighted by Gasteiger charge is -2.24. The Morgan fingerprint density at radius 2 is 2.06 bits per heavy atom. The van der Waals surface area contributed by atoms with Gasteiger partial charge in [0.25, 0.3) is 5.91 Å². The van der Waals surface area contributed by atoms with Crippen LogP contribution in [-0.2, 0) is 11.3 Å². The molecule has 33 heavy (non-hydrogen) atoms. The zero-order chi connectivity index (χ0) is 23.2. The van der Waals surface area contributed by atoms with Gasteiger partial charge in [-0.2, -0.15) is 5.10 Å². The van der Waals surface area contributed by atoms with Crippen LogP contribution in [0.25, 0.3) is 11.3 Å². The summed E-state index contributed by atoms with van der Waals surface area (Å²) >= 11 is 6.28. The summed E-state index contributed by atoms with van der Waals surface area (Å²) in [6.07, 6.45) is 1.60. The van der Waals surface area contributed by atoms with Gasteiger partial charge in [-0.15, -0.1) is 0 Å². The molecule has 4 rings (SSSR count). The SMILES string of the molecule is COc1ccc(C=NNC(=O)c2c(-c3ccccc3Cl)noc2C)cc1C[NH+]1CCOCC1. The summed E-state index contributed by atoms with van der Waals surface area (Å²) in [5.74, 6) is 0.795. The van der Waals surface area contributed by atoms with Crippen molar-refractivity contribution in [3.63, 3.8) is 0 Å². The van der Waals surface area contributed by atoms with Crippen molar-refractivity contribution in [2.24, 2.45) is 5.10 Å². The second kappa shape index (κ2) is 10.6. The summed E-state index contributed by atoms with van der Waals surface area (Å²) in [6.45, 7) is 5.97. The Hall–Kier alpha value is -3.20. The van der Waals surface area contributed by atoms with E-state index >= 15 is 0 Å². The fourth-order valence-corrected chi connectivity index (χ4v) is 4.05. The van der Waals surface area contributed by atoms with E-state index in [0.717, 1.165) is 49.7 Å². The monoisotopic (exact) mass is 469 g/mol. The van der Waals surface area contributed by atoms with E-state index in [-0.39, 0.29) is 0 Å². The van der Waals surface area contributed by atoms with E-state index in [1.165, 1.54) is 4.90 Å². The Labute approximate surface area is 197 Å². The highest BCUT2D eigenvalue weighted by Crippen LogP contribution is 2.30. The zero-order valence-corrected chi connectivity index (χ0v) is 19.3. The van der Waals surface area contributed by atoms with Crippen molar-refractivity contribution in [3.05, 3.63) is 69.9 Å². The smallest absolute Gasteiger partial charge is 0.277 e. The van der Waals surface area contributed by atoms with Crippen LogP contribution in [0.4, 0.5) is 0 Å². The van der Waals surface area contributed by atoms with E-state index < -0.39 is 5.91 Å². The summed E-state index contributed by atoms with van der Waals surface area (Å²) in [5, 5.41) is 8.65. The highest BCUT2D eigenvalue weighted by molar-refractivity contribution is 6.33. The Kier molecular flexibility index (Phi) is 7.39. The number of ether oxygens (including phenoxy) is 2. The molecule has 1 aliphatic rings. The fourth-order valence-electron chi connectivity index (χ4n) is 3.82. The first-order chi connectivity index (χ1) is 16.1. The number of carbonyl (C=O) groups excluding carboxylic acids is 1. The van der Waals surface area contributed by atoms with Gasteiger partial charge in [-0.1, -0.05) is 35.0 Å². The number of rotatable bonds is 7. The van der Waals surface area contributed by atoms with Gasteiger partial charge in [0.15, 0.2) is 0 Å². The number of hydrogen-bond donors (Lipinski definition) is 2. The number of hydrogen-bond acceptors (Lipinski definition) is 6. The van der Waals surface area contributed by atoms with Crippen LogP contribution in [0, 0.1) is 6.92 Å². The molecule has 1 aliphatic heterocycles. The van der Waals surface area contributed by atoms with Gasteiger partial charge in [0.1, 0.15) is 42.4 Å². The molecule has 8 nitrogen and oxygen atoms in total. The Bertz CT molecular complexity index is 1160. The minimum absolute atomic E-state index is 0.298. The number of halogens is 1. The zero-order valence-electron chi connectivity index (χ0n) is 18.6. The maximum absolute atomic E-state index is 12.8. The molecule has 1 fully saturated rings. The number of methoxy groups -OCH3 is 1. The highest BCUT2D eigenvalue weighted by atomic mass is 35.5. The van der Waals surface area contributed by atoms with Crippen molar-refractivity contribution < 1.29 is 23.7 Å². The number of aromatic nitrogens is 1. The number of aryl methyl sites for hydroxylation is 1. The largest absolute Gasteiger partial charge is 0.496 e. The minimum Gasteiger partial charge on any atom is -0.496 e. The summed E-state index contributed by atoms with van der Waals surface area (Å²) in [5.41, 5.74) is 5.80. The third-order valence-corrected chi connectivity index (χ3v) is 5.87. The molecule has 0 spiro atoms. The van der Waals surface area contributed by atoms with E-state index in [1.54, 1.807) is 32.4 Å². The van der Waals surface area contributed by atoms with Gasteiger partial charge in [0.05, 0.1) is 31.6 Å². The van der Waals surface area contributed by atoms with Crippen LogP contribution in [0.2, 0.25) is 5.02 Å². The van der Waals surface area contributed by atoms with Gasteiger partial charge in [0.2, 0.25) is 0 Å². The maximum atomic E-state index is 12.8. The van der Waals surface area contributed by atoms with Crippen LogP contribution >= 0.6 is 11.6 Å². The molecule has 0 bridgehead atoms. The average Bonchev–Trinajstić information content (AvgIpc) is 3.21. The lowest BCUT2D eigenvalue weighted by Crippen LogP contribution is -3.12. The molecule has 0 saturated carbocycles. The van der Waals surface area contributed by atoms with E-state index in [0.29, 0.717) is 27.6 Å². The minimum atomic E-state index is -0.425. The number of carbonyl (C=O) groups is 1. The number of quaternary nitrogens is 1. The third kappa shape index (κ3) is 5.42. The molecule has 2 aromatic carbocycles. The van der Waals surface area contributed by atoms with Gasteiger partial charge in [-0.05, 0) is 36.8 Å². The van der Waals surface area contributed by atoms with Crippen molar-refractivity contribution in [1.29, 1.82) is 0 Å². The predicted molar refractivity (Wildman–Crippen MR) is 125 cm³/mol. The van der Waals surface area contributed by atoms with Crippen LogP contribution in [0.5, 0.6) is 5.75 Å². The molecule has 1 saturated heterocycles. The number of benzene rings is 2. The molecule has 0 aliphatic carbocycles. The van der Waals surface area contributed by atoms with Gasteiger partial charge >= 0.3 is 0 Å². The fraction of sp³-hybridized carbons (Fsp3) is 0.292. The second-order valence-corrected chi connectivity index (χ2v) is 8.16. The Morgan fingerprint density at radius 3 is 2.82 bits per heavy atom. The molecule has 2 heterocycles. The van der Waals surface area contributed by atoms with Gasteiger partial charge in [-0.3, -0.25) is 4.79 Å². The number of amides is 1. The molecular weight excluding hydrogens is 444 g/mol. The Morgan fingerprint density at radius 1 is 1.27 bits per heavy atom. The molecular formula is C24H26ClN4O4+. The first kappa shape index (κ1) is 23.0. The number of morpholine rings is 1. The molecule has 3 aromatic rings. The maximum Gasteiger partial charge on any atom is 0.277 e. The van der Waals surface area contributed by atoms with Gasteiger partial charge in [0, 0.05) is 11.1 Å². The third-order valence-electron chi connectivity index (χ3n) is 5.54. The van der Waals surface area contributed by atoms with Crippen molar-refractivity contribution >= 4 is 23.7 Å². The molecule has 0 radical (unpaired) electrons. The number of hydrazone groups is 1. The van der Waals surface area contributed by atoms with Gasteiger partial charge in [-0.25, -0.2) is 5.43 Å². The van der Waals surface area contributed by atoms with Crippen LogP contribution < -0.4 is 15.1 Å². The summed E-state index contributed by atoms with van der Waals surface area (Å²) < 4.78 is 16.2. The van der Waals surface area contributed by atoms with Crippen LogP contribution in [0.1, 0.15) is 27.2 Å². The average molecular weight is 470 g/mol. The number of nitrogens with one attached hydrogen (secondary N) is 2. The van der Waals surface area contributed by atoms with Crippen LogP contribution in [-0.4, -0.2) is 50.7 Å². The van der Waals surface area contributed by atoms with Crippen molar-refractivity contribution in [1.82, 2.24) is 10.6 Å². The quantitative estimate of drug-likeness (QED) is 0.410. The van der Waals surface area contributed by atoms with Crippen molar-refractivity contribution in [2.45, 2.75) is 13.5 Å².